The van der Waals surface area contributed by atoms with Gasteiger partial charge in [0.15, 0.2) is 0 Å². The number of carbonyl (C=O) groups excluding carboxylic acids is 1. The van der Waals surface area contributed by atoms with Crippen LogP contribution in [0, 0.1) is 6.92 Å². The Morgan fingerprint density at radius 2 is 2.10 bits per heavy atom. The lowest BCUT2D eigenvalue weighted by Gasteiger charge is -2.15. The van der Waals surface area contributed by atoms with E-state index >= 15 is 0 Å². The molecule has 1 heterocycles. The van der Waals surface area contributed by atoms with Gasteiger partial charge in [-0.15, -0.1) is 0 Å². The van der Waals surface area contributed by atoms with E-state index in [2.05, 4.69) is 15.5 Å². The molecule has 0 bridgehead atoms. The minimum absolute atomic E-state index is 0.0248. The monoisotopic (exact) mass is 287 g/mol. The van der Waals surface area contributed by atoms with Gasteiger partial charge in [0.05, 0.1) is 18.2 Å². The molecule has 0 aliphatic carbocycles. The van der Waals surface area contributed by atoms with Gasteiger partial charge in [0.1, 0.15) is 0 Å². The molecule has 3 N–H and O–H groups in total. The van der Waals surface area contributed by atoms with Crippen molar-refractivity contribution >= 4 is 5.91 Å². The molecule has 0 aliphatic rings. The maximum absolute atomic E-state index is 11.9. The summed E-state index contributed by atoms with van der Waals surface area (Å²) >= 11 is 0. The van der Waals surface area contributed by atoms with E-state index in [1.807, 2.05) is 50.2 Å². The smallest absolute Gasteiger partial charge is 0.223 e. The summed E-state index contributed by atoms with van der Waals surface area (Å²) in [5.41, 5.74) is 2.68. The Morgan fingerprint density at radius 1 is 1.38 bits per heavy atom. The molecule has 21 heavy (non-hydrogen) atoms. The first-order chi connectivity index (χ1) is 10.0. The van der Waals surface area contributed by atoms with E-state index in [0.29, 0.717) is 6.42 Å². The maximum atomic E-state index is 11.9. The SMILES string of the molecule is Cc1cc(CC(C)NC(=O)CC(O)c2ccccc2)n[nH]1. The van der Waals surface area contributed by atoms with Gasteiger partial charge in [-0.1, -0.05) is 30.3 Å². The first-order valence-corrected chi connectivity index (χ1v) is 7.08. The third-order valence-corrected chi connectivity index (χ3v) is 3.24. The molecule has 1 aromatic heterocycles. The zero-order chi connectivity index (χ0) is 15.2. The normalized spacial score (nSPS) is 13.7. The largest absolute Gasteiger partial charge is 0.388 e. The summed E-state index contributed by atoms with van der Waals surface area (Å²) in [6.45, 7) is 3.87. The molecule has 0 fully saturated rings. The van der Waals surface area contributed by atoms with Crippen LogP contribution in [0.2, 0.25) is 0 Å². The molecule has 0 radical (unpaired) electrons. The molecule has 112 valence electrons. The number of aliphatic hydroxyl groups excluding tert-OH is 1. The number of hydrogen-bond donors (Lipinski definition) is 3. The lowest BCUT2D eigenvalue weighted by atomic mass is 10.1. The molecule has 0 saturated carbocycles. The molecule has 1 aromatic carbocycles. The molecule has 2 unspecified atom stereocenters. The summed E-state index contributed by atoms with van der Waals surface area (Å²) in [5.74, 6) is -0.161. The van der Waals surface area contributed by atoms with Gasteiger partial charge < -0.3 is 10.4 Å². The van der Waals surface area contributed by atoms with Gasteiger partial charge in [-0.25, -0.2) is 0 Å². The lowest BCUT2D eigenvalue weighted by Crippen LogP contribution is -2.34. The first kappa shape index (κ1) is 15.3. The van der Waals surface area contributed by atoms with Crippen LogP contribution in [0.1, 0.15) is 36.4 Å². The lowest BCUT2D eigenvalue weighted by molar-refractivity contribution is -0.123. The molecule has 5 nitrogen and oxygen atoms in total. The van der Waals surface area contributed by atoms with Crippen LogP contribution in [-0.4, -0.2) is 27.3 Å². The van der Waals surface area contributed by atoms with Crippen LogP contribution < -0.4 is 5.32 Å². The summed E-state index contributed by atoms with van der Waals surface area (Å²) in [4.78, 5) is 11.9. The average Bonchev–Trinajstić information content (AvgIpc) is 2.84. The van der Waals surface area contributed by atoms with Crippen molar-refractivity contribution in [1.82, 2.24) is 15.5 Å². The number of benzene rings is 1. The van der Waals surface area contributed by atoms with Crippen molar-refractivity contribution in [2.75, 3.05) is 0 Å². The molecule has 1 amide bonds. The third kappa shape index (κ3) is 4.72. The van der Waals surface area contributed by atoms with Gasteiger partial charge in [0.25, 0.3) is 0 Å². The second-order valence-electron chi connectivity index (χ2n) is 5.35. The van der Waals surface area contributed by atoms with Crippen LogP contribution in [0.4, 0.5) is 0 Å². The number of aliphatic hydroxyl groups is 1. The standard InChI is InChI=1S/C16H21N3O2/c1-11(8-14-9-12(2)18-19-14)17-16(21)10-15(20)13-6-4-3-5-7-13/h3-7,9,11,15,20H,8,10H2,1-2H3,(H,17,21)(H,18,19). The van der Waals surface area contributed by atoms with Crippen LogP contribution in [-0.2, 0) is 11.2 Å². The number of aromatic amines is 1. The Bertz CT molecular complexity index is 580. The number of nitrogens with zero attached hydrogens (tertiary/aromatic N) is 1. The number of rotatable bonds is 6. The van der Waals surface area contributed by atoms with Crippen molar-refractivity contribution in [3.63, 3.8) is 0 Å². The fourth-order valence-electron chi connectivity index (χ4n) is 2.25. The Kier molecular flexibility index (Phi) is 5.11. The van der Waals surface area contributed by atoms with Crippen LogP contribution in [0.25, 0.3) is 0 Å². The van der Waals surface area contributed by atoms with Crippen LogP contribution in [0.3, 0.4) is 0 Å². The number of nitrogens with one attached hydrogen (secondary N) is 2. The topological polar surface area (TPSA) is 78.0 Å². The average molecular weight is 287 g/mol. The summed E-state index contributed by atoms with van der Waals surface area (Å²) in [5, 5.41) is 19.9. The minimum atomic E-state index is -0.772. The highest BCUT2D eigenvalue weighted by atomic mass is 16.3. The van der Waals surface area contributed by atoms with Crippen molar-refractivity contribution in [3.05, 3.63) is 53.3 Å². The van der Waals surface area contributed by atoms with E-state index < -0.39 is 6.10 Å². The van der Waals surface area contributed by atoms with E-state index in [0.717, 1.165) is 17.0 Å². The molecule has 0 spiro atoms. The van der Waals surface area contributed by atoms with Crippen molar-refractivity contribution < 1.29 is 9.90 Å². The van der Waals surface area contributed by atoms with Gasteiger partial charge in [-0.05, 0) is 25.5 Å². The quantitative estimate of drug-likeness (QED) is 0.759. The summed E-state index contributed by atoms with van der Waals surface area (Å²) in [7, 11) is 0. The number of aryl methyl sites for hydroxylation is 1. The van der Waals surface area contributed by atoms with Gasteiger partial charge in [0.2, 0.25) is 5.91 Å². The Hall–Kier alpha value is -2.14. The fraction of sp³-hybridized carbons (Fsp3) is 0.375. The van der Waals surface area contributed by atoms with Crippen molar-refractivity contribution in [2.45, 2.75) is 38.8 Å². The summed E-state index contributed by atoms with van der Waals surface area (Å²) in [6.07, 6.45) is -0.0446. The van der Waals surface area contributed by atoms with Gasteiger partial charge in [-0.3, -0.25) is 9.89 Å². The number of carbonyl (C=O) groups is 1. The van der Waals surface area contributed by atoms with Crippen molar-refractivity contribution in [3.8, 4) is 0 Å². The molecule has 0 aliphatic heterocycles. The Balaban J connectivity index is 1.81. The molecular weight excluding hydrogens is 266 g/mol. The van der Waals surface area contributed by atoms with Crippen LogP contribution >= 0.6 is 0 Å². The van der Waals surface area contributed by atoms with Gasteiger partial charge in [0, 0.05) is 18.2 Å². The van der Waals surface area contributed by atoms with E-state index in [-0.39, 0.29) is 18.4 Å². The molecule has 2 aromatic rings. The second-order valence-corrected chi connectivity index (χ2v) is 5.35. The predicted octanol–water partition coefficient (Wildman–Crippen LogP) is 1.89. The Labute approximate surface area is 124 Å². The highest BCUT2D eigenvalue weighted by molar-refractivity contribution is 5.76. The van der Waals surface area contributed by atoms with Crippen LogP contribution in [0.15, 0.2) is 36.4 Å². The fourth-order valence-corrected chi connectivity index (χ4v) is 2.25. The zero-order valence-corrected chi connectivity index (χ0v) is 12.3. The van der Waals surface area contributed by atoms with E-state index in [1.165, 1.54) is 0 Å². The third-order valence-electron chi connectivity index (χ3n) is 3.24. The molecular formula is C16H21N3O2. The van der Waals surface area contributed by atoms with Crippen LogP contribution in [0.5, 0.6) is 0 Å². The predicted molar refractivity (Wildman–Crippen MR) is 80.7 cm³/mol. The minimum Gasteiger partial charge on any atom is -0.388 e. The molecule has 2 atom stereocenters. The number of amides is 1. The molecule has 0 saturated heterocycles. The van der Waals surface area contributed by atoms with E-state index in [9.17, 15) is 9.90 Å². The number of aromatic nitrogens is 2. The van der Waals surface area contributed by atoms with Gasteiger partial charge in [-0.2, -0.15) is 5.10 Å². The van der Waals surface area contributed by atoms with E-state index in [1.54, 1.807) is 0 Å². The highest BCUT2D eigenvalue weighted by Gasteiger charge is 2.15. The van der Waals surface area contributed by atoms with Crippen molar-refractivity contribution in [2.24, 2.45) is 0 Å². The molecule has 5 heteroatoms. The highest BCUT2D eigenvalue weighted by Crippen LogP contribution is 2.15. The molecule has 2 rings (SSSR count). The van der Waals surface area contributed by atoms with Crippen molar-refractivity contribution in [1.29, 1.82) is 0 Å². The summed E-state index contributed by atoms with van der Waals surface area (Å²) in [6, 6.07) is 11.1. The van der Waals surface area contributed by atoms with E-state index in [4.69, 9.17) is 0 Å². The summed E-state index contributed by atoms with van der Waals surface area (Å²) < 4.78 is 0. The second kappa shape index (κ2) is 7.04. The Morgan fingerprint density at radius 3 is 2.71 bits per heavy atom. The zero-order valence-electron chi connectivity index (χ0n) is 12.3. The number of hydrogen-bond acceptors (Lipinski definition) is 3. The van der Waals surface area contributed by atoms with Gasteiger partial charge >= 0.3 is 0 Å². The number of H-pyrrole nitrogens is 1. The first-order valence-electron chi connectivity index (χ1n) is 7.08. The maximum Gasteiger partial charge on any atom is 0.223 e.